The molecule has 3 nitrogen and oxygen atoms in total. The number of carbonyl (C=O) groups is 1. The molecule has 0 radical (unpaired) electrons. The van der Waals surface area contributed by atoms with E-state index in [-0.39, 0.29) is 12.6 Å². The minimum absolute atomic E-state index is 0.0194. The second-order valence-electron chi connectivity index (χ2n) is 5.97. The van der Waals surface area contributed by atoms with Crippen LogP contribution in [0.25, 0.3) is 10.8 Å². The van der Waals surface area contributed by atoms with Gasteiger partial charge in [0.15, 0.2) is 0 Å². The number of esters is 1. The summed E-state index contributed by atoms with van der Waals surface area (Å²) in [5.41, 5.74) is 0.203. The van der Waals surface area contributed by atoms with E-state index in [1.807, 2.05) is 42.5 Å². The number of rotatable bonds is 3. The molecule has 0 unspecified atom stereocenters. The Morgan fingerprint density at radius 1 is 1.15 bits per heavy atom. The van der Waals surface area contributed by atoms with Crippen LogP contribution in [0.4, 0.5) is 0 Å². The van der Waals surface area contributed by atoms with Crippen molar-refractivity contribution in [2.24, 2.45) is 5.41 Å². The Bertz CT molecular complexity index is 611. The van der Waals surface area contributed by atoms with Crippen molar-refractivity contribution in [3.63, 3.8) is 0 Å². The van der Waals surface area contributed by atoms with Gasteiger partial charge in [0, 0.05) is 0 Å². The number of aliphatic hydroxyl groups excluding tert-OH is 1. The zero-order chi connectivity index (χ0) is 14.8. The molecule has 0 saturated carbocycles. The number of aliphatic hydroxyl groups is 1. The lowest BCUT2D eigenvalue weighted by Gasteiger charge is -2.19. The monoisotopic (exact) mass is 272 g/mol. The maximum absolute atomic E-state index is 11.7. The number of fused-ring (bicyclic) bond motifs is 1. The Labute approximate surface area is 119 Å². The first-order chi connectivity index (χ1) is 9.38. The van der Waals surface area contributed by atoms with Crippen LogP contribution < -0.4 is 0 Å². The SMILES string of the molecule is CC(C)(C)C(=O)OC[C@H](O)c1ccc2ccccc2c1. The summed E-state index contributed by atoms with van der Waals surface area (Å²) in [5.74, 6) is -0.308. The normalized spacial score (nSPS) is 13.2. The second-order valence-corrected chi connectivity index (χ2v) is 5.97. The van der Waals surface area contributed by atoms with Gasteiger partial charge in [-0.25, -0.2) is 0 Å². The number of hydrogen-bond donors (Lipinski definition) is 1. The molecule has 2 aromatic carbocycles. The van der Waals surface area contributed by atoms with E-state index in [4.69, 9.17) is 4.74 Å². The van der Waals surface area contributed by atoms with Crippen molar-refractivity contribution in [1.82, 2.24) is 0 Å². The predicted molar refractivity (Wildman–Crippen MR) is 79.3 cm³/mol. The molecule has 0 fully saturated rings. The van der Waals surface area contributed by atoms with Gasteiger partial charge in [-0.2, -0.15) is 0 Å². The molecule has 20 heavy (non-hydrogen) atoms. The zero-order valence-corrected chi connectivity index (χ0v) is 12.1. The van der Waals surface area contributed by atoms with Gasteiger partial charge in [0.1, 0.15) is 12.7 Å². The van der Waals surface area contributed by atoms with Crippen molar-refractivity contribution >= 4 is 16.7 Å². The van der Waals surface area contributed by atoms with Crippen LogP contribution in [0, 0.1) is 5.41 Å². The van der Waals surface area contributed by atoms with Crippen LogP contribution in [0.5, 0.6) is 0 Å². The highest BCUT2D eigenvalue weighted by molar-refractivity contribution is 5.83. The lowest BCUT2D eigenvalue weighted by molar-refractivity contribution is -0.156. The number of benzene rings is 2. The summed E-state index contributed by atoms with van der Waals surface area (Å²) < 4.78 is 5.15. The molecule has 0 aliphatic rings. The predicted octanol–water partition coefficient (Wildman–Crippen LogP) is 3.46. The Morgan fingerprint density at radius 2 is 1.80 bits per heavy atom. The Kier molecular flexibility index (Phi) is 4.09. The molecule has 106 valence electrons. The van der Waals surface area contributed by atoms with Crippen LogP contribution in [-0.4, -0.2) is 17.7 Å². The summed E-state index contributed by atoms with van der Waals surface area (Å²) in [5, 5.41) is 12.3. The fraction of sp³-hybridized carbons (Fsp3) is 0.353. The fourth-order valence-corrected chi connectivity index (χ4v) is 1.88. The first-order valence-electron chi connectivity index (χ1n) is 6.72. The lowest BCUT2D eigenvalue weighted by atomic mass is 9.97. The molecule has 0 spiro atoms. The van der Waals surface area contributed by atoms with Crippen molar-refractivity contribution in [3.05, 3.63) is 48.0 Å². The van der Waals surface area contributed by atoms with Crippen LogP contribution in [-0.2, 0) is 9.53 Å². The molecular formula is C17H20O3. The van der Waals surface area contributed by atoms with Gasteiger partial charge in [-0.05, 0) is 43.2 Å². The minimum Gasteiger partial charge on any atom is -0.462 e. The van der Waals surface area contributed by atoms with Gasteiger partial charge in [-0.1, -0.05) is 36.4 Å². The maximum Gasteiger partial charge on any atom is 0.311 e. The topological polar surface area (TPSA) is 46.5 Å². The molecule has 2 rings (SSSR count). The molecule has 0 heterocycles. The van der Waals surface area contributed by atoms with Crippen molar-refractivity contribution in [1.29, 1.82) is 0 Å². The van der Waals surface area contributed by atoms with E-state index in [0.29, 0.717) is 0 Å². The second kappa shape index (κ2) is 5.63. The highest BCUT2D eigenvalue weighted by Crippen LogP contribution is 2.22. The van der Waals surface area contributed by atoms with E-state index in [2.05, 4.69) is 0 Å². The quantitative estimate of drug-likeness (QED) is 0.870. The van der Waals surface area contributed by atoms with Crippen LogP contribution >= 0.6 is 0 Å². The first-order valence-corrected chi connectivity index (χ1v) is 6.72. The van der Waals surface area contributed by atoms with E-state index < -0.39 is 11.5 Å². The highest BCUT2D eigenvalue weighted by Gasteiger charge is 2.24. The molecule has 0 bridgehead atoms. The first kappa shape index (κ1) is 14.5. The Hall–Kier alpha value is -1.87. The van der Waals surface area contributed by atoms with Gasteiger partial charge in [0.05, 0.1) is 5.41 Å². The minimum atomic E-state index is -0.800. The van der Waals surface area contributed by atoms with Gasteiger partial charge in [-0.15, -0.1) is 0 Å². The summed E-state index contributed by atoms with van der Waals surface area (Å²) in [6, 6.07) is 13.7. The largest absolute Gasteiger partial charge is 0.462 e. The van der Waals surface area contributed by atoms with E-state index >= 15 is 0 Å². The van der Waals surface area contributed by atoms with E-state index in [9.17, 15) is 9.90 Å². The van der Waals surface area contributed by atoms with Gasteiger partial charge in [0.2, 0.25) is 0 Å². The summed E-state index contributed by atoms with van der Waals surface area (Å²) in [6.07, 6.45) is -0.800. The van der Waals surface area contributed by atoms with E-state index in [0.717, 1.165) is 16.3 Å². The number of carbonyl (C=O) groups excluding carboxylic acids is 1. The molecule has 1 N–H and O–H groups in total. The molecule has 3 heteroatoms. The Morgan fingerprint density at radius 3 is 2.45 bits per heavy atom. The third-order valence-corrected chi connectivity index (χ3v) is 3.14. The molecule has 0 aliphatic heterocycles. The fourth-order valence-electron chi connectivity index (χ4n) is 1.88. The van der Waals surface area contributed by atoms with Crippen LogP contribution in [0.1, 0.15) is 32.4 Å². The summed E-state index contributed by atoms with van der Waals surface area (Å²) >= 11 is 0. The summed E-state index contributed by atoms with van der Waals surface area (Å²) in [4.78, 5) is 11.7. The molecule has 1 atom stereocenters. The standard InChI is InChI=1S/C17H20O3/c1-17(2,3)16(19)20-11-15(18)14-9-8-12-6-4-5-7-13(12)10-14/h4-10,15,18H,11H2,1-3H3/t15-/m0/s1. The zero-order valence-electron chi connectivity index (χ0n) is 12.1. The molecule has 0 aromatic heterocycles. The van der Waals surface area contributed by atoms with E-state index in [1.54, 1.807) is 20.8 Å². The third kappa shape index (κ3) is 3.36. The van der Waals surface area contributed by atoms with Crippen LogP contribution in [0.3, 0.4) is 0 Å². The van der Waals surface area contributed by atoms with Crippen LogP contribution in [0.2, 0.25) is 0 Å². The van der Waals surface area contributed by atoms with Gasteiger partial charge in [-0.3, -0.25) is 4.79 Å². The molecule has 0 aliphatic carbocycles. The molecule has 0 amide bonds. The van der Waals surface area contributed by atoms with Crippen molar-refractivity contribution in [3.8, 4) is 0 Å². The highest BCUT2D eigenvalue weighted by atomic mass is 16.5. The third-order valence-electron chi connectivity index (χ3n) is 3.14. The van der Waals surface area contributed by atoms with Crippen molar-refractivity contribution < 1.29 is 14.6 Å². The van der Waals surface area contributed by atoms with Gasteiger partial charge < -0.3 is 9.84 Å². The molecule has 2 aromatic rings. The van der Waals surface area contributed by atoms with Crippen molar-refractivity contribution in [2.75, 3.05) is 6.61 Å². The average Bonchev–Trinajstić information content (AvgIpc) is 2.42. The number of hydrogen-bond acceptors (Lipinski definition) is 3. The number of ether oxygens (including phenoxy) is 1. The maximum atomic E-state index is 11.7. The van der Waals surface area contributed by atoms with Gasteiger partial charge in [0.25, 0.3) is 0 Å². The average molecular weight is 272 g/mol. The summed E-state index contributed by atoms with van der Waals surface area (Å²) in [6.45, 7) is 5.35. The van der Waals surface area contributed by atoms with Crippen molar-refractivity contribution in [2.45, 2.75) is 26.9 Å². The summed E-state index contributed by atoms with van der Waals surface area (Å²) in [7, 11) is 0. The molecular weight excluding hydrogens is 252 g/mol. The molecule has 0 saturated heterocycles. The van der Waals surface area contributed by atoms with E-state index in [1.165, 1.54) is 0 Å². The van der Waals surface area contributed by atoms with Gasteiger partial charge >= 0.3 is 5.97 Å². The lowest BCUT2D eigenvalue weighted by Crippen LogP contribution is -2.25. The smallest absolute Gasteiger partial charge is 0.311 e. The Balaban J connectivity index is 2.08. The van der Waals surface area contributed by atoms with Crippen LogP contribution in [0.15, 0.2) is 42.5 Å².